The van der Waals surface area contributed by atoms with Crippen LogP contribution in [-0.2, 0) is 28.5 Å². The molecular weight excluding hydrogens is 330 g/mol. The number of esters is 2. The smallest absolute Gasteiger partial charge is 0.337 e. The summed E-state index contributed by atoms with van der Waals surface area (Å²) in [4.78, 5) is 36.7. The predicted molar refractivity (Wildman–Crippen MR) is 86.0 cm³/mol. The standard InChI is InChI=1S/C17H19NO7/c1-4-24-13(19)9-18-14(15(16(18)20)25-10-22-2)11-5-7-12(8-6-11)17(21)23-3/h5-8H,4,9-10H2,1-3H3. The van der Waals surface area contributed by atoms with Gasteiger partial charge in [-0.25, -0.2) is 4.79 Å². The molecule has 8 nitrogen and oxygen atoms in total. The fourth-order valence-electron chi connectivity index (χ4n) is 2.30. The quantitative estimate of drug-likeness (QED) is 0.514. The van der Waals surface area contributed by atoms with Gasteiger partial charge in [-0.2, -0.15) is 0 Å². The van der Waals surface area contributed by atoms with Crippen LogP contribution in [0.4, 0.5) is 0 Å². The Kier molecular flexibility index (Phi) is 6.13. The summed E-state index contributed by atoms with van der Waals surface area (Å²) in [5.41, 5.74) is 1.42. The number of amides is 1. The van der Waals surface area contributed by atoms with Gasteiger partial charge in [-0.15, -0.1) is 0 Å². The van der Waals surface area contributed by atoms with Gasteiger partial charge < -0.3 is 18.9 Å². The van der Waals surface area contributed by atoms with Gasteiger partial charge in [0.2, 0.25) is 5.76 Å². The van der Waals surface area contributed by atoms with Crippen LogP contribution in [0.1, 0.15) is 22.8 Å². The lowest BCUT2D eigenvalue weighted by molar-refractivity contribution is -0.149. The lowest BCUT2D eigenvalue weighted by Crippen LogP contribution is -2.45. The van der Waals surface area contributed by atoms with Gasteiger partial charge in [0.1, 0.15) is 12.2 Å². The van der Waals surface area contributed by atoms with Crippen molar-refractivity contribution in [1.29, 1.82) is 0 Å². The molecule has 0 radical (unpaired) electrons. The Morgan fingerprint density at radius 2 is 1.80 bits per heavy atom. The van der Waals surface area contributed by atoms with E-state index in [1.54, 1.807) is 31.2 Å². The second-order valence-corrected chi connectivity index (χ2v) is 4.99. The first-order chi connectivity index (χ1) is 12.0. The first kappa shape index (κ1) is 18.5. The summed E-state index contributed by atoms with van der Waals surface area (Å²) in [6, 6.07) is 6.41. The van der Waals surface area contributed by atoms with Crippen molar-refractivity contribution < 1.29 is 33.3 Å². The van der Waals surface area contributed by atoms with Gasteiger partial charge in [0.15, 0.2) is 6.79 Å². The van der Waals surface area contributed by atoms with Crippen LogP contribution in [0.5, 0.6) is 0 Å². The van der Waals surface area contributed by atoms with Crippen molar-refractivity contribution in [2.45, 2.75) is 6.92 Å². The molecule has 0 spiro atoms. The second kappa shape index (κ2) is 8.29. The summed E-state index contributed by atoms with van der Waals surface area (Å²) in [6.07, 6.45) is 0. The Balaban J connectivity index is 2.29. The van der Waals surface area contributed by atoms with Gasteiger partial charge >= 0.3 is 11.9 Å². The molecule has 2 rings (SSSR count). The van der Waals surface area contributed by atoms with Crippen molar-refractivity contribution in [3.05, 3.63) is 41.2 Å². The summed E-state index contributed by atoms with van der Waals surface area (Å²) in [6.45, 7) is 1.59. The normalized spacial score (nSPS) is 13.4. The third-order valence-electron chi connectivity index (χ3n) is 3.42. The highest BCUT2D eigenvalue weighted by atomic mass is 16.7. The van der Waals surface area contributed by atoms with Gasteiger partial charge in [0, 0.05) is 12.7 Å². The van der Waals surface area contributed by atoms with Crippen LogP contribution in [-0.4, -0.2) is 56.9 Å². The van der Waals surface area contributed by atoms with E-state index in [4.69, 9.17) is 14.2 Å². The second-order valence-electron chi connectivity index (χ2n) is 4.99. The fourth-order valence-corrected chi connectivity index (χ4v) is 2.30. The highest BCUT2D eigenvalue weighted by Gasteiger charge is 2.40. The third kappa shape index (κ3) is 3.97. The van der Waals surface area contributed by atoms with E-state index in [-0.39, 0.29) is 25.7 Å². The fraction of sp³-hybridized carbons (Fsp3) is 0.353. The molecule has 0 N–H and O–H groups in total. The number of hydrogen-bond acceptors (Lipinski definition) is 7. The molecular formula is C17H19NO7. The van der Waals surface area contributed by atoms with E-state index >= 15 is 0 Å². The first-order valence-corrected chi connectivity index (χ1v) is 7.55. The minimum Gasteiger partial charge on any atom is -0.465 e. The SMILES string of the molecule is CCOC(=O)CN1C(=O)C(OCOC)=C1c1ccc(C(=O)OC)cc1. The van der Waals surface area contributed by atoms with E-state index in [0.717, 1.165) is 0 Å². The molecule has 0 unspecified atom stereocenters. The van der Waals surface area contributed by atoms with Gasteiger partial charge in [0.25, 0.3) is 5.91 Å². The number of methoxy groups -OCH3 is 2. The van der Waals surface area contributed by atoms with E-state index in [9.17, 15) is 14.4 Å². The number of carbonyl (C=O) groups excluding carboxylic acids is 3. The molecule has 1 heterocycles. The minimum atomic E-state index is -0.523. The maximum atomic E-state index is 12.2. The van der Waals surface area contributed by atoms with Crippen LogP contribution < -0.4 is 0 Å². The van der Waals surface area contributed by atoms with Crippen LogP contribution in [0.15, 0.2) is 30.0 Å². The summed E-state index contributed by atoms with van der Waals surface area (Å²) in [5.74, 6) is -1.33. The monoisotopic (exact) mass is 349 g/mol. The van der Waals surface area contributed by atoms with Crippen LogP contribution >= 0.6 is 0 Å². The molecule has 0 aliphatic carbocycles. The van der Waals surface area contributed by atoms with E-state index in [2.05, 4.69) is 4.74 Å². The Bertz CT molecular complexity index is 693. The summed E-state index contributed by atoms with van der Waals surface area (Å²) in [7, 11) is 2.73. The maximum absolute atomic E-state index is 12.2. The van der Waals surface area contributed by atoms with E-state index in [1.165, 1.54) is 19.1 Å². The molecule has 0 saturated carbocycles. The van der Waals surface area contributed by atoms with Crippen molar-refractivity contribution in [1.82, 2.24) is 4.90 Å². The molecule has 134 valence electrons. The number of rotatable bonds is 8. The summed E-state index contributed by atoms with van der Waals surface area (Å²) >= 11 is 0. The Hall–Kier alpha value is -2.87. The van der Waals surface area contributed by atoms with E-state index in [1.807, 2.05) is 0 Å². The molecule has 0 atom stereocenters. The maximum Gasteiger partial charge on any atom is 0.337 e. The minimum absolute atomic E-state index is 0.0944. The number of hydrogen-bond donors (Lipinski definition) is 0. The lowest BCUT2D eigenvalue weighted by Gasteiger charge is -2.35. The molecule has 1 aromatic rings. The lowest BCUT2D eigenvalue weighted by atomic mass is 10.0. The zero-order valence-corrected chi connectivity index (χ0v) is 14.2. The zero-order chi connectivity index (χ0) is 18.4. The number of ether oxygens (including phenoxy) is 4. The highest BCUT2D eigenvalue weighted by molar-refractivity contribution is 6.13. The van der Waals surface area contributed by atoms with Gasteiger partial charge in [-0.1, -0.05) is 12.1 Å². The molecule has 1 amide bonds. The Labute approximate surface area is 144 Å². The summed E-state index contributed by atoms with van der Waals surface area (Å²) < 4.78 is 19.7. The Morgan fingerprint density at radius 1 is 1.12 bits per heavy atom. The van der Waals surface area contributed by atoms with Crippen LogP contribution in [0.25, 0.3) is 5.70 Å². The van der Waals surface area contributed by atoms with Crippen molar-refractivity contribution in [2.24, 2.45) is 0 Å². The van der Waals surface area contributed by atoms with E-state index < -0.39 is 17.8 Å². The van der Waals surface area contributed by atoms with Crippen molar-refractivity contribution >= 4 is 23.5 Å². The molecule has 25 heavy (non-hydrogen) atoms. The highest BCUT2D eigenvalue weighted by Crippen LogP contribution is 2.34. The molecule has 1 aromatic carbocycles. The van der Waals surface area contributed by atoms with Crippen LogP contribution in [0.3, 0.4) is 0 Å². The first-order valence-electron chi connectivity index (χ1n) is 7.55. The molecule has 0 fully saturated rings. The summed E-state index contributed by atoms with van der Waals surface area (Å²) in [5, 5.41) is 0. The van der Waals surface area contributed by atoms with Crippen molar-refractivity contribution in [3.63, 3.8) is 0 Å². The molecule has 0 saturated heterocycles. The molecule has 1 aliphatic heterocycles. The molecule has 1 aliphatic rings. The third-order valence-corrected chi connectivity index (χ3v) is 3.42. The van der Waals surface area contributed by atoms with Crippen molar-refractivity contribution in [2.75, 3.05) is 34.2 Å². The van der Waals surface area contributed by atoms with Gasteiger partial charge in [0.05, 0.1) is 19.3 Å². The topological polar surface area (TPSA) is 91.4 Å². The Morgan fingerprint density at radius 3 is 2.36 bits per heavy atom. The molecule has 0 bridgehead atoms. The number of nitrogens with zero attached hydrogens (tertiary/aromatic N) is 1. The average Bonchev–Trinajstić information content (AvgIpc) is 2.63. The van der Waals surface area contributed by atoms with Gasteiger partial charge in [-0.05, 0) is 19.1 Å². The average molecular weight is 349 g/mol. The molecule has 8 heteroatoms. The van der Waals surface area contributed by atoms with E-state index in [0.29, 0.717) is 16.8 Å². The number of benzene rings is 1. The van der Waals surface area contributed by atoms with Crippen LogP contribution in [0.2, 0.25) is 0 Å². The largest absolute Gasteiger partial charge is 0.465 e. The predicted octanol–water partition coefficient (Wildman–Crippen LogP) is 1.17. The van der Waals surface area contributed by atoms with Gasteiger partial charge in [-0.3, -0.25) is 14.5 Å². The zero-order valence-electron chi connectivity index (χ0n) is 14.2. The number of carbonyl (C=O) groups is 3. The molecule has 0 aromatic heterocycles. The van der Waals surface area contributed by atoms with Crippen LogP contribution in [0, 0.1) is 0 Å². The van der Waals surface area contributed by atoms with Crippen molar-refractivity contribution in [3.8, 4) is 0 Å².